The van der Waals surface area contributed by atoms with Crippen molar-refractivity contribution in [2.75, 3.05) is 0 Å². The van der Waals surface area contributed by atoms with E-state index < -0.39 is 18.6 Å². The van der Waals surface area contributed by atoms with E-state index in [9.17, 15) is 9.59 Å². The van der Waals surface area contributed by atoms with E-state index in [2.05, 4.69) is 0 Å². The molecule has 0 saturated heterocycles. The van der Waals surface area contributed by atoms with Crippen molar-refractivity contribution in [2.24, 2.45) is 0 Å². The second-order valence-corrected chi connectivity index (χ2v) is 2.75. The summed E-state index contributed by atoms with van der Waals surface area (Å²) in [4.78, 5) is 20.1. The summed E-state index contributed by atoms with van der Waals surface area (Å²) in [6.07, 6.45) is 0.0833. The molecule has 5 nitrogen and oxygen atoms in total. The Bertz CT molecular complexity index is 148. The van der Waals surface area contributed by atoms with Crippen LogP contribution >= 0.6 is 0 Å². The Labute approximate surface area is 71.1 Å². The Morgan fingerprint density at radius 1 is 1.18 bits per heavy atom. The zero-order valence-corrected chi connectivity index (χ0v) is 7.89. The summed E-state index contributed by atoms with van der Waals surface area (Å²) in [5.41, 5.74) is 0. The van der Waals surface area contributed by atoms with Gasteiger partial charge in [-0.2, -0.15) is 0 Å². The van der Waals surface area contributed by atoms with Crippen molar-refractivity contribution in [3.63, 3.8) is 0 Å². The molecule has 0 aliphatic rings. The molecule has 0 fully saturated rings. The molecule has 11 heavy (non-hydrogen) atoms. The molecule has 0 aromatic heterocycles. The number of carbonyl (C=O) groups is 2. The van der Waals surface area contributed by atoms with Crippen molar-refractivity contribution < 1.29 is 38.9 Å². The van der Waals surface area contributed by atoms with Crippen molar-refractivity contribution in [3.8, 4) is 0 Å². The summed E-state index contributed by atoms with van der Waals surface area (Å²) in [6.45, 7) is 2.81. The number of hydrogen-bond acceptors (Lipinski definition) is 3. The standard InChI is InChI=1S/C5H8O2.2H2O.O.Ti/c1-4(6)3-5(2)7;;;;/h3H2,1-2H3;2*1H2;;/q;;;;+2/p-2. The average molecular weight is 198 g/mol. The van der Waals surface area contributed by atoms with Crippen LogP contribution in [0.1, 0.15) is 20.3 Å². The number of rotatable bonds is 2. The van der Waals surface area contributed by atoms with Crippen LogP contribution in [-0.2, 0) is 31.5 Å². The summed E-state index contributed by atoms with van der Waals surface area (Å²) in [5.74, 6) is -0.125. The molecule has 6 heteroatoms. The van der Waals surface area contributed by atoms with E-state index in [1.54, 1.807) is 0 Å². The molecular weight excluding hydrogens is 188 g/mol. The quantitative estimate of drug-likeness (QED) is 0.453. The van der Waals surface area contributed by atoms with Gasteiger partial charge in [-0.1, -0.05) is 0 Å². The van der Waals surface area contributed by atoms with Gasteiger partial charge in [0.1, 0.15) is 11.6 Å². The van der Waals surface area contributed by atoms with Gasteiger partial charge < -0.3 is 0 Å². The normalized spacial score (nSPS) is 7.64. The van der Waals surface area contributed by atoms with Crippen LogP contribution in [0.4, 0.5) is 0 Å². The fourth-order valence-corrected chi connectivity index (χ4v) is 0.351. The second kappa shape index (κ2) is 7.88. The Hall–Kier alpha value is -0.226. The molecule has 0 saturated carbocycles. The van der Waals surface area contributed by atoms with Gasteiger partial charge in [-0.3, -0.25) is 9.59 Å². The van der Waals surface area contributed by atoms with Gasteiger partial charge in [0.05, 0.1) is 6.42 Å². The monoisotopic (exact) mass is 198 g/mol. The maximum absolute atomic E-state index is 10.0. The van der Waals surface area contributed by atoms with Crippen molar-refractivity contribution in [1.82, 2.24) is 0 Å². The van der Waals surface area contributed by atoms with Gasteiger partial charge in [-0.25, -0.2) is 0 Å². The molecule has 0 bridgehead atoms. The predicted molar refractivity (Wildman–Crippen MR) is 31.1 cm³/mol. The van der Waals surface area contributed by atoms with E-state index in [0.29, 0.717) is 0 Å². The van der Waals surface area contributed by atoms with Gasteiger partial charge in [-0.15, -0.1) is 0 Å². The predicted octanol–water partition coefficient (Wildman–Crippen LogP) is -0.681. The molecule has 0 radical (unpaired) electrons. The van der Waals surface area contributed by atoms with Crippen molar-refractivity contribution >= 4 is 11.6 Å². The molecule has 0 heterocycles. The molecule has 0 spiro atoms. The minimum atomic E-state index is -3.58. The summed E-state index contributed by atoms with van der Waals surface area (Å²) in [5, 5.41) is 0. The first-order valence-electron chi connectivity index (χ1n) is 2.77. The third kappa shape index (κ3) is 41.5. The van der Waals surface area contributed by atoms with Crippen molar-refractivity contribution in [3.05, 3.63) is 0 Å². The van der Waals surface area contributed by atoms with Crippen LogP contribution in [0.2, 0.25) is 0 Å². The average Bonchev–Trinajstić information content (AvgIpc) is 1.56. The summed E-state index contributed by atoms with van der Waals surface area (Å²) in [7, 11) is 0. The zero-order chi connectivity index (χ0) is 9.44. The summed E-state index contributed by atoms with van der Waals surface area (Å²) < 4.78 is 23.2. The molecule has 64 valence electrons. The van der Waals surface area contributed by atoms with Gasteiger partial charge in [0.15, 0.2) is 0 Å². The van der Waals surface area contributed by atoms with E-state index in [-0.39, 0.29) is 18.0 Å². The first-order valence-corrected chi connectivity index (χ1v) is 4.80. The van der Waals surface area contributed by atoms with Crippen LogP contribution in [0.15, 0.2) is 0 Å². The van der Waals surface area contributed by atoms with E-state index in [1.165, 1.54) is 13.8 Å². The fourth-order valence-electron chi connectivity index (χ4n) is 0.351. The first kappa shape index (κ1) is 13.4. The van der Waals surface area contributed by atoms with E-state index in [4.69, 9.17) is 10.7 Å². The van der Waals surface area contributed by atoms with Crippen LogP contribution in [0, 0.1) is 0 Å². The van der Waals surface area contributed by atoms with Crippen LogP contribution < -0.4 is 0 Å². The number of carbonyl (C=O) groups excluding carboxylic acids is 2. The minimum absolute atomic E-state index is 0.0625. The van der Waals surface area contributed by atoms with Gasteiger partial charge in [0.2, 0.25) is 0 Å². The molecule has 0 atom stereocenters. The van der Waals surface area contributed by atoms with E-state index in [0.717, 1.165) is 0 Å². The molecule has 0 rings (SSSR count). The number of Topliss-reactive ketones (excluding diaryl/α,β-unsaturated/α-hetero) is 2. The Morgan fingerprint density at radius 2 is 1.36 bits per heavy atom. The molecule has 0 aromatic carbocycles. The first-order chi connectivity index (χ1) is 4.86. The third-order valence-electron chi connectivity index (χ3n) is 0.498. The van der Waals surface area contributed by atoms with Gasteiger partial charge >= 0.3 is 29.3 Å². The van der Waals surface area contributed by atoms with Gasteiger partial charge in [-0.05, 0) is 13.8 Å². The molecule has 0 amide bonds. The van der Waals surface area contributed by atoms with Crippen LogP contribution in [-0.4, -0.2) is 18.9 Å². The molecule has 0 unspecified atom stereocenters. The molecule has 2 N–H and O–H groups in total. The van der Waals surface area contributed by atoms with Gasteiger partial charge in [0.25, 0.3) is 0 Å². The Morgan fingerprint density at radius 3 is 1.36 bits per heavy atom. The SMILES string of the molecule is CC(=O)CC(C)=O.[O]=[Ti]([OH])[OH]. The van der Waals surface area contributed by atoms with Crippen molar-refractivity contribution in [2.45, 2.75) is 20.3 Å². The van der Waals surface area contributed by atoms with E-state index >= 15 is 0 Å². The maximum atomic E-state index is 10.0. The van der Waals surface area contributed by atoms with Crippen LogP contribution in [0.5, 0.6) is 0 Å². The summed E-state index contributed by atoms with van der Waals surface area (Å²) in [6, 6.07) is 0. The van der Waals surface area contributed by atoms with Crippen LogP contribution in [0.25, 0.3) is 0 Å². The van der Waals surface area contributed by atoms with Gasteiger partial charge in [0, 0.05) is 0 Å². The molecule has 0 aromatic rings. The molecule has 0 aliphatic heterocycles. The topological polar surface area (TPSA) is 91.7 Å². The second-order valence-electron chi connectivity index (χ2n) is 1.86. The Kier molecular flexibility index (Phi) is 9.57. The van der Waals surface area contributed by atoms with E-state index in [1.807, 2.05) is 0 Å². The third-order valence-corrected chi connectivity index (χ3v) is 0.498. The fraction of sp³-hybridized carbons (Fsp3) is 0.600. The number of ketones is 2. The summed E-state index contributed by atoms with van der Waals surface area (Å²) >= 11 is -3.58. The van der Waals surface area contributed by atoms with Crippen molar-refractivity contribution in [1.29, 1.82) is 0 Å². The molecule has 0 aliphatic carbocycles. The molecular formula is C5H10O5Ti. The zero-order valence-electron chi connectivity index (χ0n) is 6.33. The number of hydrogen-bond donors (Lipinski definition) is 2. The van der Waals surface area contributed by atoms with Crippen LogP contribution in [0.3, 0.4) is 0 Å². The Balaban J connectivity index is 0.